The fourth-order valence-electron chi connectivity index (χ4n) is 2.58. The molecule has 1 unspecified atom stereocenters. The second kappa shape index (κ2) is 8.92. The molecule has 3 rings (SSSR count). The molecule has 6 heteroatoms. The van der Waals surface area contributed by atoms with E-state index >= 15 is 0 Å². The van der Waals surface area contributed by atoms with E-state index in [1.54, 1.807) is 17.5 Å². The van der Waals surface area contributed by atoms with Crippen molar-refractivity contribution in [2.45, 2.75) is 19.8 Å². The molecule has 0 aliphatic heterocycles. The molecule has 3 aromatic rings. The van der Waals surface area contributed by atoms with Gasteiger partial charge in [0.05, 0.1) is 11.4 Å². The first-order valence-electron chi connectivity index (χ1n) is 8.50. The lowest BCUT2D eigenvalue weighted by Gasteiger charge is -2.12. The second-order valence-corrected chi connectivity index (χ2v) is 7.43. The SMILES string of the molecule is CC(Cc1ccc(Cl)cc1)C(=O)NCCc1csc(-c2ccccn2)n1. The van der Waals surface area contributed by atoms with Gasteiger partial charge in [0, 0.05) is 35.5 Å². The smallest absolute Gasteiger partial charge is 0.223 e. The van der Waals surface area contributed by atoms with Crippen LogP contribution in [0.1, 0.15) is 18.2 Å². The average Bonchev–Trinajstić information content (AvgIpc) is 3.13. The maximum absolute atomic E-state index is 12.3. The van der Waals surface area contributed by atoms with Crippen molar-refractivity contribution >= 4 is 28.8 Å². The van der Waals surface area contributed by atoms with Gasteiger partial charge in [-0.15, -0.1) is 11.3 Å². The summed E-state index contributed by atoms with van der Waals surface area (Å²) in [6.07, 6.45) is 3.17. The summed E-state index contributed by atoms with van der Waals surface area (Å²) in [4.78, 5) is 21.2. The van der Waals surface area contributed by atoms with Gasteiger partial charge in [0.2, 0.25) is 5.91 Å². The van der Waals surface area contributed by atoms with Crippen LogP contribution in [0.5, 0.6) is 0 Å². The van der Waals surface area contributed by atoms with Crippen LogP contribution < -0.4 is 5.32 Å². The van der Waals surface area contributed by atoms with Gasteiger partial charge in [-0.1, -0.05) is 36.7 Å². The third-order valence-corrected chi connectivity index (χ3v) is 5.18. The fraction of sp³-hybridized carbons (Fsp3) is 0.250. The summed E-state index contributed by atoms with van der Waals surface area (Å²) in [6, 6.07) is 13.4. The summed E-state index contributed by atoms with van der Waals surface area (Å²) in [5.74, 6) is -0.0316. The fourth-order valence-corrected chi connectivity index (χ4v) is 3.54. The number of carbonyl (C=O) groups is 1. The molecule has 134 valence electrons. The number of hydrogen-bond acceptors (Lipinski definition) is 4. The largest absolute Gasteiger partial charge is 0.355 e. The van der Waals surface area contributed by atoms with Crippen molar-refractivity contribution < 1.29 is 4.79 Å². The van der Waals surface area contributed by atoms with Crippen LogP contribution in [0, 0.1) is 5.92 Å². The molecule has 0 saturated heterocycles. The summed E-state index contributed by atoms with van der Waals surface area (Å²) >= 11 is 7.46. The molecule has 0 fully saturated rings. The molecule has 0 aliphatic rings. The molecular weight excluding hydrogens is 366 g/mol. The Bertz CT molecular complexity index is 849. The highest BCUT2D eigenvalue weighted by atomic mass is 35.5. The van der Waals surface area contributed by atoms with Gasteiger partial charge in [-0.3, -0.25) is 9.78 Å². The van der Waals surface area contributed by atoms with Crippen LogP contribution in [0.15, 0.2) is 54.0 Å². The molecule has 0 spiro atoms. The molecule has 2 heterocycles. The molecular formula is C20H20ClN3OS. The highest BCUT2D eigenvalue weighted by Gasteiger charge is 2.13. The van der Waals surface area contributed by atoms with Crippen molar-refractivity contribution in [1.29, 1.82) is 0 Å². The highest BCUT2D eigenvalue weighted by Crippen LogP contribution is 2.21. The van der Waals surface area contributed by atoms with Gasteiger partial charge in [0.1, 0.15) is 5.01 Å². The van der Waals surface area contributed by atoms with Gasteiger partial charge in [-0.25, -0.2) is 4.98 Å². The number of amides is 1. The molecule has 1 aromatic carbocycles. The summed E-state index contributed by atoms with van der Waals surface area (Å²) in [7, 11) is 0. The number of hydrogen-bond donors (Lipinski definition) is 1. The van der Waals surface area contributed by atoms with Crippen molar-refractivity contribution in [3.05, 3.63) is 70.3 Å². The number of nitrogens with one attached hydrogen (secondary N) is 1. The average molecular weight is 386 g/mol. The summed E-state index contributed by atoms with van der Waals surface area (Å²) in [6.45, 7) is 2.52. The first kappa shape index (κ1) is 18.5. The molecule has 0 saturated carbocycles. The number of thiazole rings is 1. The Balaban J connectivity index is 1.46. The Kier molecular flexibility index (Phi) is 6.36. The number of nitrogens with zero attached hydrogens (tertiary/aromatic N) is 2. The summed E-state index contributed by atoms with van der Waals surface area (Å²) in [5.41, 5.74) is 2.96. The molecule has 0 radical (unpaired) electrons. The molecule has 26 heavy (non-hydrogen) atoms. The monoisotopic (exact) mass is 385 g/mol. The van der Waals surface area contributed by atoms with E-state index in [1.165, 1.54) is 0 Å². The lowest BCUT2D eigenvalue weighted by molar-refractivity contribution is -0.124. The van der Waals surface area contributed by atoms with Gasteiger partial charge >= 0.3 is 0 Å². The minimum absolute atomic E-state index is 0.0557. The standard InChI is InChI=1S/C20H20ClN3OS/c1-14(12-15-5-7-16(21)8-6-15)19(25)23-11-9-17-13-26-20(24-17)18-4-2-3-10-22-18/h2-8,10,13-14H,9,11-12H2,1H3,(H,23,25). The lowest BCUT2D eigenvalue weighted by Crippen LogP contribution is -2.31. The van der Waals surface area contributed by atoms with Crippen LogP contribution in [0.3, 0.4) is 0 Å². The first-order chi connectivity index (χ1) is 12.6. The zero-order valence-electron chi connectivity index (χ0n) is 14.5. The van der Waals surface area contributed by atoms with Crippen LogP contribution in [0.2, 0.25) is 5.02 Å². The van der Waals surface area contributed by atoms with Crippen molar-refractivity contribution in [3.8, 4) is 10.7 Å². The van der Waals surface area contributed by atoms with E-state index in [-0.39, 0.29) is 11.8 Å². The molecule has 1 N–H and O–H groups in total. The third-order valence-electron chi connectivity index (χ3n) is 4.02. The normalized spacial score (nSPS) is 11.9. The number of benzene rings is 1. The van der Waals surface area contributed by atoms with Crippen molar-refractivity contribution in [2.24, 2.45) is 5.92 Å². The quantitative estimate of drug-likeness (QED) is 0.656. The minimum atomic E-state index is -0.0873. The Morgan fingerprint density at radius 1 is 1.23 bits per heavy atom. The van der Waals surface area contributed by atoms with E-state index in [2.05, 4.69) is 15.3 Å². The summed E-state index contributed by atoms with van der Waals surface area (Å²) in [5, 5.41) is 6.63. The Hall–Kier alpha value is -2.24. The van der Waals surface area contributed by atoms with Gasteiger partial charge in [-0.2, -0.15) is 0 Å². The Morgan fingerprint density at radius 2 is 2.04 bits per heavy atom. The van der Waals surface area contributed by atoms with Gasteiger partial charge in [0.15, 0.2) is 0 Å². The summed E-state index contributed by atoms with van der Waals surface area (Å²) < 4.78 is 0. The van der Waals surface area contributed by atoms with Crippen molar-refractivity contribution in [2.75, 3.05) is 6.54 Å². The molecule has 0 aliphatic carbocycles. The third kappa shape index (κ3) is 5.13. The molecule has 2 aromatic heterocycles. The van der Waals surface area contributed by atoms with E-state index in [0.29, 0.717) is 24.4 Å². The predicted octanol–water partition coefficient (Wildman–Crippen LogP) is 4.40. The van der Waals surface area contributed by atoms with E-state index in [0.717, 1.165) is 22.0 Å². The van der Waals surface area contributed by atoms with Gasteiger partial charge < -0.3 is 5.32 Å². The lowest BCUT2D eigenvalue weighted by atomic mass is 10.0. The molecule has 1 atom stereocenters. The maximum atomic E-state index is 12.3. The molecule has 0 bridgehead atoms. The first-order valence-corrected chi connectivity index (χ1v) is 9.75. The number of pyridine rings is 1. The number of halogens is 1. The number of carbonyl (C=O) groups excluding carboxylic acids is 1. The molecule has 4 nitrogen and oxygen atoms in total. The van der Waals surface area contributed by atoms with Crippen LogP contribution in [-0.2, 0) is 17.6 Å². The van der Waals surface area contributed by atoms with E-state index in [1.807, 2.05) is 54.8 Å². The second-order valence-electron chi connectivity index (χ2n) is 6.13. The zero-order valence-corrected chi connectivity index (χ0v) is 16.1. The minimum Gasteiger partial charge on any atom is -0.355 e. The number of rotatable bonds is 7. The zero-order chi connectivity index (χ0) is 18.4. The van der Waals surface area contributed by atoms with E-state index in [4.69, 9.17) is 11.6 Å². The van der Waals surface area contributed by atoms with Crippen LogP contribution in [-0.4, -0.2) is 22.4 Å². The van der Waals surface area contributed by atoms with Crippen molar-refractivity contribution in [3.63, 3.8) is 0 Å². The Labute approximate surface area is 162 Å². The van der Waals surface area contributed by atoms with E-state index in [9.17, 15) is 4.79 Å². The van der Waals surface area contributed by atoms with Crippen LogP contribution in [0.4, 0.5) is 0 Å². The van der Waals surface area contributed by atoms with Crippen LogP contribution in [0.25, 0.3) is 10.7 Å². The van der Waals surface area contributed by atoms with Gasteiger partial charge in [-0.05, 0) is 36.2 Å². The Morgan fingerprint density at radius 3 is 2.77 bits per heavy atom. The molecule has 1 amide bonds. The van der Waals surface area contributed by atoms with Gasteiger partial charge in [0.25, 0.3) is 0 Å². The number of aromatic nitrogens is 2. The predicted molar refractivity (Wildman–Crippen MR) is 106 cm³/mol. The van der Waals surface area contributed by atoms with Crippen molar-refractivity contribution in [1.82, 2.24) is 15.3 Å². The highest BCUT2D eigenvalue weighted by molar-refractivity contribution is 7.13. The van der Waals surface area contributed by atoms with Crippen LogP contribution >= 0.6 is 22.9 Å². The topological polar surface area (TPSA) is 54.9 Å². The maximum Gasteiger partial charge on any atom is 0.223 e. The van der Waals surface area contributed by atoms with E-state index < -0.39 is 0 Å².